The Morgan fingerprint density at radius 3 is 2.21 bits per heavy atom. The molecule has 108 valence electrons. The van der Waals surface area contributed by atoms with E-state index in [2.05, 4.69) is 31.0 Å². The minimum absolute atomic E-state index is 0.248. The smallest absolute Gasteiger partial charge is 0.0402 e. The predicted octanol–water partition coefficient (Wildman–Crippen LogP) is 5.93. The van der Waals surface area contributed by atoms with Crippen molar-refractivity contribution >= 4 is 11.6 Å². The van der Waals surface area contributed by atoms with Gasteiger partial charge in [0.15, 0.2) is 0 Å². The highest BCUT2D eigenvalue weighted by molar-refractivity contribution is 6.21. The molecule has 2 unspecified atom stereocenters. The first-order valence-corrected chi connectivity index (χ1v) is 8.23. The van der Waals surface area contributed by atoms with E-state index in [1.54, 1.807) is 0 Å². The van der Waals surface area contributed by atoms with Gasteiger partial charge in [0.25, 0.3) is 0 Å². The van der Waals surface area contributed by atoms with Gasteiger partial charge in [0.2, 0.25) is 0 Å². The lowest BCUT2D eigenvalue weighted by atomic mass is 9.95. The van der Waals surface area contributed by atoms with Crippen LogP contribution in [0.3, 0.4) is 0 Å². The van der Waals surface area contributed by atoms with Crippen molar-refractivity contribution < 1.29 is 0 Å². The van der Waals surface area contributed by atoms with E-state index in [0.717, 1.165) is 6.42 Å². The monoisotopic (exact) mass is 281 g/mol. The molecular formula is C17H28ClN. The molecule has 1 heterocycles. The van der Waals surface area contributed by atoms with Gasteiger partial charge in [-0.25, -0.2) is 0 Å². The van der Waals surface area contributed by atoms with Gasteiger partial charge in [0.1, 0.15) is 0 Å². The third-order valence-electron chi connectivity index (χ3n) is 3.86. The summed E-state index contributed by atoms with van der Waals surface area (Å²) < 4.78 is 0. The number of alkyl halides is 1. The SMILES string of the molecule is CCCCCCCCCC(Cl)C(C)c1ccncc1. The van der Waals surface area contributed by atoms with E-state index in [1.165, 1.54) is 50.5 Å². The number of hydrogen-bond donors (Lipinski definition) is 0. The zero-order chi connectivity index (χ0) is 13.9. The molecule has 0 aromatic carbocycles. The lowest BCUT2D eigenvalue weighted by Crippen LogP contribution is -2.09. The molecule has 0 bridgehead atoms. The van der Waals surface area contributed by atoms with E-state index >= 15 is 0 Å². The molecule has 0 aliphatic carbocycles. The molecule has 1 nitrogen and oxygen atoms in total. The summed E-state index contributed by atoms with van der Waals surface area (Å²) in [5, 5.41) is 0.248. The number of hydrogen-bond acceptors (Lipinski definition) is 1. The second kappa shape index (κ2) is 10.3. The molecule has 0 aliphatic rings. The normalized spacial score (nSPS) is 14.3. The Kier molecular flexibility index (Phi) is 8.90. The largest absolute Gasteiger partial charge is 0.265 e. The maximum absolute atomic E-state index is 6.51. The number of nitrogens with zero attached hydrogens (tertiary/aromatic N) is 1. The number of rotatable bonds is 10. The zero-order valence-electron chi connectivity index (χ0n) is 12.4. The van der Waals surface area contributed by atoms with E-state index in [0.29, 0.717) is 5.92 Å². The van der Waals surface area contributed by atoms with Crippen LogP contribution in [0, 0.1) is 0 Å². The highest BCUT2D eigenvalue weighted by Crippen LogP contribution is 2.26. The predicted molar refractivity (Wildman–Crippen MR) is 84.9 cm³/mol. The Hall–Kier alpha value is -0.560. The molecule has 0 radical (unpaired) electrons. The third-order valence-corrected chi connectivity index (χ3v) is 4.45. The van der Waals surface area contributed by atoms with Crippen molar-refractivity contribution in [2.45, 2.75) is 76.5 Å². The van der Waals surface area contributed by atoms with Gasteiger partial charge in [-0.05, 0) is 30.0 Å². The van der Waals surface area contributed by atoms with Crippen molar-refractivity contribution in [3.8, 4) is 0 Å². The quantitative estimate of drug-likeness (QED) is 0.382. The summed E-state index contributed by atoms with van der Waals surface area (Å²) in [5.41, 5.74) is 1.30. The molecule has 2 atom stereocenters. The van der Waals surface area contributed by atoms with Crippen LogP contribution >= 0.6 is 11.6 Å². The highest BCUT2D eigenvalue weighted by atomic mass is 35.5. The van der Waals surface area contributed by atoms with Crippen LogP contribution in [0.5, 0.6) is 0 Å². The minimum Gasteiger partial charge on any atom is -0.265 e. The Morgan fingerprint density at radius 1 is 1.00 bits per heavy atom. The molecule has 0 saturated heterocycles. The van der Waals surface area contributed by atoms with Gasteiger partial charge in [-0.2, -0.15) is 0 Å². The van der Waals surface area contributed by atoms with Crippen LogP contribution in [0.25, 0.3) is 0 Å². The molecule has 19 heavy (non-hydrogen) atoms. The van der Waals surface area contributed by atoms with Gasteiger partial charge in [0.05, 0.1) is 0 Å². The molecule has 1 aromatic heterocycles. The fraction of sp³-hybridized carbons (Fsp3) is 0.706. The van der Waals surface area contributed by atoms with E-state index < -0.39 is 0 Å². The standard InChI is InChI=1S/C17H28ClN/c1-3-4-5-6-7-8-9-10-17(18)15(2)16-11-13-19-14-12-16/h11-15,17H,3-10H2,1-2H3. The minimum atomic E-state index is 0.248. The first-order chi connectivity index (χ1) is 9.25. The van der Waals surface area contributed by atoms with Crippen molar-refractivity contribution in [3.63, 3.8) is 0 Å². The van der Waals surface area contributed by atoms with Gasteiger partial charge in [-0.3, -0.25) is 4.98 Å². The Morgan fingerprint density at radius 2 is 1.58 bits per heavy atom. The Balaban J connectivity index is 2.12. The Bertz CT molecular complexity index is 312. The summed E-state index contributed by atoms with van der Waals surface area (Å²) in [5.74, 6) is 0.421. The van der Waals surface area contributed by atoms with Crippen LogP contribution in [0.4, 0.5) is 0 Å². The van der Waals surface area contributed by atoms with Crippen LogP contribution < -0.4 is 0 Å². The molecule has 1 aromatic rings. The summed E-state index contributed by atoms with van der Waals surface area (Å²) in [6.45, 7) is 4.48. The fourth-order valence-electron chi connectivity index (χ4n) is 2.42. The summed E-state index contributed by atoms with van der Waals surface area (Å²) in [4.78, 5) is 4.05. The van der Waals surface area contributed by atoms with E-state index in [-0.39, 0.29) is 5.38 Å². The summed E-state index contributed by atoms with van der Waals surface area (Å²) in [6.07, 6.45) is 14.3. The lowest BCUT2D eigenvalue weighted by Gasteiger charge is -2.18. The number of aromatic nitrogens is 1. The first kappa shape index (κ1) is 16.5. The van der Waals surface area contributed by atoms with Crippen molar-refractivity contribution in [1.82, 2.24) is 4.98 Å². The summed E-state index contributed by atoms with van der Waals surface area (Å²) in [7, 11) is 0. The second-order valence-corrected chi connectivity index (χ2v) is 6.06. The van der Waals surface area contributed by atoms with Crippen LogP contribution in [0.1, 0.15) is 76.7 Å². The number of unbranched alkanes of at least 4 members (excludes halogenated alkanes) is 6. The fourth-order valence-corrected chi connectivity index (χ4v) is 2.72. The van der Waals surface area contributed by atoms with Crippen LogP contribution in [0.15, 0.2) is 24.5 Å². The van der Waals surface area contributed by atoms with Crippen LogP contribution in [-0.2, 0) is 0 Å². The molecule has 0 spiro atoms. The average molecular weight is 282 g/mol. The molecule has 2 heteroatoms. The first-order valence-electron chi connectivity index (χ1n) is 7.79. The van der Waals surface area contributed by atoms with Gasteiger partial charge in [-0.1, -0.05) is 58.8 Å². The number of halogens is 1. The summed E-state index contributed by atoms with van der Waals surface area (Å²) in [6, 6.07) is 4.15. The van der Waals surface area contributed by atoms with Crippen molar-refractivity contribution in [2.24, 2.45) is 0 Å². The topological polar surface area (TPSA) is 12.9 Å². The van der Waals surface area contributed by atoms with Gasteiger partial charge in [-0.15, -0.1) is 11.6 Å². The molecule has 0 aliphatic heterocycles. The van der Waals surface area contributed by atoms with Gasteiger partial charge >= 0.3 is 0 Å². The maximum Gasteiger partial charge on any atom is 0.0402 e. The average Bonchev–Trinajstić information content (AvgIpc) is 2.46. The highest BCUT2D eigenvalue weighted by Gasteiger charge is 2.15. The molecule has 0 N–H and O–H groups in total. The van der Waals surface area contributed by atoms with Crippen LogP contribution in [-0.4, -0.2) is 10.4 Å². The molecule has 0 fully saturated rings. The van der Waals surface area contributed by atoms with E-state index in [4.69, 9.17) is 11.6 Å². The molecule has 0 saturated carbocycles. The zero-order valence-corrected chi connectivity index (χ0v) is 13.2. The molecule has 0 amide bonds. The van der Waals surface area contributed by atoms with Crippen molar-refractivity contribution in [2.75, 3.05) is 0 Å². The maximum atomic E-state index is 6.51. The lowest BCUT2D eigenvalue weighted by molar-refractivity contribution is 0.548. The van der Waals surface area contributed by atoms with Crippen molar-refractivity contribution in [3.05, 3.63) is 30.1 Å². The number of pyridine rings is 1. The Labute approximate surface area is 123 Å². The molecule has 1 rings (SSSR count). The van der Waals surface area contributed by atoms with Gasteiger partial charge < -0.3 is 0 Å². The third kappa shape index (κ3) is 6.96. The van der Waals surface area contributed by atoms with Crippen LogP contribution in [0.2, 0.25) is 0 Å². The van der Waals surface area contributed by atoms with E-state index in [9.17, 15) is 0 Å². The summed E-state index contributed by atoms with van der Waals surface area (Å²) >= 11 is 6.51. The second-order valence-electron chi connectivity index (χ2n) is 5.50. The van der Waals surface area contributed by atoms with E-state index in [1.807, 2.05) is 12.4 Å². The van der Waals surface area contributed by atoms with Crippen molar-refractivity contribution in [1.29, 1.82) is 0 Å². The van der Waals surface area contributed by atoms with Gasteiger partial charge in [0, 0.05) is 17.8 Å². The molecular weight excluding hydrogens is 254 g/mol.